The summed E-state index contributed by atoms with van der Waals surface area (Å²) in [5, 5.41) is 15.7. The van der Waals surface area contributed by atoms with Gasteiger partial charge in [-0.05, 0) is 166 Å². The number of carbonyl (C=O) groups excluding carboxylic acids is 4. The van der Waals surface area contributed by atoms with E-state index in [1.807, 2.05) is 6.92 Å². The Labute approximate surface area is 376 Å². The SMILES string of the molecule is CC(C)C1=C2C3CCC4C(C)(CCC5C(C)(C)C(CC(=O)C6CC(C(=O)O)C6C)CCC54C)C3CCC2(CCNC(=O)C(C)(C)NC(=O)c2ccc(OC3CCOC3)cc2)CC1=O. The molecule has 0 spiro atoms. The number of carboxylic acids is 1. The van der Waals surface area contributed by atoms with Crippen molar-refractivity contribution in [2.75, 3.05) is 19.8 Å². The standard InChI is InChI=1S/C53H76N2O8/c1-30(2)44-41(57)28-53(23-24-54-48(61)50(6,7)55-46(58)32-10-12-34(13-11-32)63-35-19-25-62-29-35)22-17-39-36(45(44)53)14-15-43-51(39,8)21-18-42-49(4,5)33(16-20-52(42,43)9)26-40(56)37-27-38(31(37)3)47(59)60/h10-13,30-31,33,35-39,42-43H,14-29H2,1-9H3,(H,54,61)(H,55,58)(H,59,60). The van der Waals surface area contributed by atoms with E-state index in [0.717, 1.165) is 56.9 Å². The molecule has 1 saturated heterocycles. The average Bonchev–Trinajstić information content (AvgIpc) is 3.83. The zero-order chi connectivity index (χ0) is 45.4. The summed E-state index contributed by atoms with van der Waals surface area (Å²) in [6, 6.07) is 6.99. The summed E-state index contributed by atoms with van der Waals surface area (Å²) in [5.74, 6) is 1.75. The van der Waals surface area contributed by atoms with E-state index in [-0.39, 0.29) is 69.0 Å². The van der Waals surface area contributed by atoms with Crippen LogP contribution >= 0.6 is 0 Å². The van der Waals surface area contributed by atoms with Crippen LogP contribution in [0, 0.1) is 74.9 Å². The molecule has 10 heteroatoms. The van der Waals surface area contributed by atoms with E-state index in [9.17, 15) is 29.1 Å². The van der Waals surface area contributed by atoms with Crippen LogP contribution in [-0.4, -0.2) is 65.9 Å². The number of aliphatic carboxylic acids is 1. The molecule has 0 bridgehead atoms. The number of ether oxygens (including phenoxy) is 2. The van der Waals surface area contributed by atoms with Crippen LogP contribution in [0.1, 0.15) is 156 Å². The van der Waals surface area contributed by atoms with Crippen LogP contribution in [0.4, 0.5) is 0 Å². The van der Waals surface area contributed by atoms with Gasteiger partial charge in [0.25, 0.3) is 5.91 Å². The van der Waals surface area contributed by atoms with Gasteiger partial charge >= 0.3 is 5.97 Å². The Morgan fingerprint density at radius 1 is 0.905 bits per heavy atom. The van der Waals surface area contributed by atoms with E-state index in [1.54, 1.807) is 38.1 Å². The molecule has 0 radical (unpaired) electrons. The normalized spacial score (nSPS) is 38.1. The van der Waals surface area contributed by atoms with Crippen molar-refractivity contribution in [2.45, 2.75) is 157 Å². The third-order valence-corrected chi connectivity index (χ3v) is 19.1. The minimum Gasteiger partial charge on any atom is -0.488 e. The maximum absolute atomic E-state index is 14.1. The number of carboxylic acid groups (broad SMARTS) is 1. The van der Waals surface area contributed by atoms with Gasteiger partial charge < -0.3 is 25.2 Å². The quantitative estimate of drug-likeness (QED) is 0.178. The smallest absolute Gasteiger partial charge is 0.306 e. The van der Waals surface area contributed by atoms with E-state index in [2.05, 4.69) is 52.2 Å². The van der Waals surface area contributed by atoms with Gasteiger partial charge in [-0.2, -0.15) is 0 Å². The van der Waals surface area contributed by atoms with Gasteiger partial charge in [-0.25, -0.2) is 0 Å². The second kappa shape index (κ2) is 16.7. The van der Waals surface area contributed by atoms with Crippen molar-refractivity contribution in [3.63, 3.8) is 0 Å². The first-order valence-electron chi connectivity index (χ1n) is 24.6. The van der Waals surface area contributed by atoms with E-state index in [4.69, 9.17) is 9.47 Å². The van der Waals surface area contributed by atoms with Crippen LogP contribution in [0.5, 0.6) is 5.75 Å². The first-order chi connectivity index (χ1) is 29.6. The molecule has 1 aromatic carbocycles. The lowest BCUT2D eigenvalue weighted by molar-refractivity contribution is -0.193. The zero-order valence-corrected chi connectivity index (χ0v) is 39.7. The first-order valence-corrected chi connectivity index (χ1v) is 24.6. The monoisotopic (exact) mass is 869 g/mol. The van der Waals surface area contributed by atoms with Crippen LogP contribution in [0.3, 0.4) is 0 Å². The lowest BCUT2D eigenvalue weighted by atomic mass is 9.35. The summed E-state index contributed by atoms with van der Waals surface area (Å²) < 4.78 is 11.4. The number of fused-ring (bicyclic) bond motifs is 7. The summed E-state index contributed by atoms with van der Waals surface area (Å²) in [6.07, 6.45) is 11.9. The summed E-state index contributed by atoms with van der Waals surface area (Å²) in [6.45, 7) is 21.5. The Morgan fingerprint density at radius 3 is 2.27 bits per heavy atom. The molecule has 3 N–H and O–H groups in total. The number of rotatable bonds is 13. The molecule has 6 fully saturated rings. The summed E-state index contributed by atoms with van der Waals surface area (Å²) in [7, 11) is 0. The largest absolute Gasteiger partial charge is 0.488 e. The number of allylic oxidation sites excluding steroid dienone is 2. The fourth-order valence-electron chi connectivity index (χ4n) is 15.6. The van der Waals surface area contributed by atoms with Gasteiger partial charge in [0.05, 0.1) is 19.1 Å². The topological polar surface area (TPSA) is 148 Å². The molecule has 1 aromatic rings. The Bertz CT molecular complexity index is 2010. The van der Waals surface area contributed by atoms with E-state index < -0.39 is 11.5 Å². The third-order valence-electron chi connectivity index (χ3n) is 19.1. The molecule has 2 amide bonds. The Hall–Kier alpha value is -3.53. The number of carbonyl (C=O) groups is 5. The number of amides is 2. The molecule has 10 nitrogen and oxygen atoms in total. The van der Waals surface area contributed by atoms with Gasteiger partial charge in [0.15, 0.2) is 5.78 Å². The predicted molar refractivity (Wildman–Crippen MR) is 242 cm³/mol. The fourth-order valence-corrected chi connectivity index (χ4v) is 15.6. The lowest BCUT2D eigenvalue weighted by Crippen LogP contribution is -2.62. The third kappa shape index (κ3) is 7.92. The number of nitrogens with one attached hydrogen (secondary N) is 2. The Morgan fingerprint density at radius 2 is 1.62 bits per heavy atom. The molecule has 63 heavy (non-hydrogen) atoms. The molecule has 1 heterocycles. The summed E-state index contributed by atoms with van der Waals surface area (Å²) in [4.78, 5) is 66.5. The van der Waals surface area contributed by atoms with Gasteiger partial charge in [-0.3, -0.25) is 24.0 Å². The zero-order valence-electron chi connectivity index (χ0n) is 39.7. The molecule has 6 aliphatic carbocycles. The minimum atomic E-state index is -1.15. The summed E-state index contributed by atoms with van der Waals surface area (Å²) >= 11 is 0. The highest BCUT2D eigenvalue weighted by molar-refractivity contribution is 6.01. The molecule has 12 atom stereocenters. The molecule has 8 rings (SSSR count). The summed E-state index contributed by atoms with van der Waals surface area (Å²) in [5.41, 5.74) is 1.85. The number of benzene rings is 1. The van der Waals surface area contributed by atoms with Crippen LogP contribution in [0.15, 0.2) is 35.4 Å². The van der Waals surface area contributed by atoms with Crippen molar-refractivity contribution in [1.82, 2.24) is 10.6 Å². The highest BCUT2D eigenvalue weighted by Crippen LogP contribution is 2.74. The van der Waals surface area contributed by atoms with Gasteiger partial charge in [-0.15, -0.1) is 0 Å². The minimum absolute atomic E-state index is 0.0144. The molecular weight excluding hydrogens is 793 g/mol. The lowest BCUT2D eigenvalue weighted by Gasteiger charge is -2.69. The van der Waals surface area contributed by atoms with E-state index >= 15 is 0 Å². The van der Waals surface area contributed by atoms with Crippen molar-refractivity contribution in [3.05, 3.63) is 41.0 Å². The molecule has 0 aromatic heterocycles. The second-order valence-electron chi connectivity index (χ2n) is 23.4. The molecule has 5 saturated carbocycles. The highest BCUT2D eigenvalue weighted by atomic mass is 16.5. The number of Topliss-reactive ketones (excluding diaryl/α,β-unsaturated/α-hetero) is 2. The molecule has 12 unspecified atom stereocenters. The Balaban J connectivity index is 0.926. The Kier molecular flexibility index (Phi) is 12.2. The van der Waals surface area contributed by atoms with Crippen molar-refractivity contribution in [2.24, 2.45) is 74.9 Å². The van der Waals surface area contributed by atoms with Crippen LogP contribution < -0.4 is 15.4 Å². The molecule has 7 aliphatic rings. The van der Waals surface area contributed by atoms with E-state index in [1.165, 1.54) is 12.0 Å². The fraction of sp³-hybridized carbons (Fsp3) is 0.755. The van der Waals surface area contributed by atoms with Gasteiger partial charge in [-0.1, -0.05) is 54.0 Å². The highest BCUT2D eigenvalue weighted by Gasteiger charge is 2.66. The number of ketones is 2. The van der Waals surface area contributed by atoms with Crippen molar-refractivity contribution < 1.29 is 38.6 Å². The van der Waals surface area contributed by atoms with Crippen LogP contribution in [0.2, 0.25) is 0 Å². The maximum Gasteiger partial charge on any atom is 0.306 e. The van der Waals surface area contributed by atoms with Crippen molar-refractivity contribution in [3.8, 4) is 5.75 Å². The van der Waals surface area contributed by atoms with Crippen molar-refractivity contribution in [1.29, 1.82) is 0 Å². The van der Waals surface area contributed by atoms with E-state index in [0.29, 0.717) is 92.1 Å². The first kappa shape index (κ1) is 46.0. The predicted octanol–water partition coefficient (Wildman–Crippen LogP) is 9.39. The number of hydrogen-bond donors (Lipinski definition) is 3. The second-order valence-corrected chi connectivity index (χ2v) is 23.4. The van der Waals surface area contributed by atoms with Crippen molar-refractivity contribution >= 4 is 29.4 Å². The average molecular weight is 869 g/mol. The molecule has 1 aliphatic heterocycles. The molecule has 346 valence electrons. The van der Waals surface area contributed by atoms with Gasteiger partial charge in [0.2, 0.25) is 5.91 Å². The number of hydrogen-bond acceptors (Lipinski definition) is 7. The maximum atomic E-state index is 14.1. The van der Waals surface area contributed by atoms with Crippen LogP contribution in [-0.2, 0) is 23.9 Å². The molecular formula is C53H76N2O8. The van der Waals surface area contributed by atoms with Gasteiger partial charge in [0.1, 0.15) is 23.2 Å². The van der Waals surface area contributed by atoms with Crippen LogP contribution in [0.25, 0.3) is 0 Å². The van der Waals surface area contributed by atoms with Gasteiger partial charge in [0, 0.05) is 42.7 Å².